The molecule has 3 aromatic heterocycles. The Kier molecular flexibility index (Phi) is 3.68. The SMILES string of the molecule is c1ccc(-c2csc3nc(C4CC4)nc(NCc4nnc(C5CC5)o4)c23)cc1. The first-order chi connectivity index (χ1) is 13.8. The van der Waals surface area contributed by atoms with Gasteiger partial charge in [0.15, 0.2) is 0 Å². The first-order valence-corrected chi connectivity index (χ1v) is 10.6. The number of thiophene rings is 1. The van der Waals surface area contributed by atoms with Gasteiger partial charge in [0.05, 0.1) is 11.9 Å². The van der Waals surface area contributed by atoms with Crippen LogP contribution >= 0.6 is 11.3 Å². The number of hydrogen-bond acceptors (Lipinski definition) is 7. The topological polar surface area (TPSA) is 76.7 Å². The fourth-order valence-corrected chi connectivity index (χ4v) is 4.39. The molecule has 1 N–H and O–H groups in total. The Morgan fingerprint density at radius 2 is 1.82 bits per heavy atom. The van der Waals surface area contributed by atoms with E-state index in [4.69, 9.17) is 14.4 Å². The van der Waals surface area contributed by atoms with Crippen molar-refractivity contribution in [2.75, 3.05) is 5.32 Å². The second-order valence-corrected chi connectivity index (χ2v) is 8.42. The molecule has 0 unspecified atom stereocenters. The number of rotatable bonds is 6. The zero-order valence-corrected chi connectivity index (χ0v) is 16.1. The number of nitrogens with one attached hydrogen (secondary N) is 1. The molecule has 1 aromatic carbocycles. The van der Waals surface area contributed by atoms with E-state index in [1.54, 1.807) is 11.3 Å². The van der Waals surface area contributed by atoms with Crippen molar-refractivity contribution in [2.24, 2.45) is 0 Å². The van der Waals surface area contributed by atoms with Crippen molar-refractivity contribution in [1.29, 1.82) is 0 Å². The van der Waals surface area contributed by atoms with Crippen LogP contribution < -0.4 is 5.32 Å². The third-order valence-corrected chi connectivity index (χ3v) is 6.17. The second-order valence-electron chi connectivity index (χ2n) is 7.56. The van der Waals surface area contributed by atoms with Crippen LogP contribution in [0.25, 0.3) is 21.3 Å². The van der Waals surface area contributed by atoms with E-state index in [2.05, 4.69) is 45.2 Å². The summed E-state index contributed by atoms with van der Waals surface area (Å²) < 4.78 is 5.80. The number of benzene rings is 1. The summed E-state index contributed by atoms with van der Waals surface area (Å²) in [6.07, 6.45) is 4.66. The van der Waals surface area contributed by atoms with Gasteiger partial charge in [-0.05, 0) is 31.2 Å². The van der Waals surface area contributed by atoms with Crippen molar-refractivity contribution >= 4 is 27.4 Å². The first-order valence-electron chi connectivity index (χ1n) is 9.76. The fraction of sp³-hybridized carbons (Fsp3) is 0.333. The predicted octanol–water partition coefficient (Wildman–Crippen LogP) is 5.11. The molecule has 7 heteroatoms. The summed E-state index contributed by atoms with van der Waals surface area (Å²) in [5.74, 6) is 4.15. The van der Waals surface area contributed by atoms with Crippen molar-refractivity contribution in [2.45, 2.75) is 44.1 Å². The summed E-state index contributed by atoms with van der Waals surface area (Å²) in [6, 6.07) is 10.4. The van der Waals surface area contributed by atoms with Crippen LogP contribution in [-0.2, 0) is 6.54 Å². The molecular weight excluding hydrogens is 370 g/mol. The summed E-state index contributed by atoms with van der Waals surface area (Å²) in [5.41, 5.74) is 2.34. The highest BCUT2D eigenvalue weighted by atomic mass is 32.1. The molecule has 6 nitrogen and oxygen atoms in total. The van der Waals surface area contributed by atoms with E-state index in [0.717, 1.165) is 46.2 Å². The van der Waals surface area contributed by atoms with Crippen LogP contribution in [0.1, 0.15) is 55.1 Å². The van der Waals surface area contributed by atoms with E-state index in [-0.39, 0.29) is 0 Å². The minimum atomic E-state index is 0.468. The van der Waals surface area contributed by atoms with E-state index < -0.39 is 0 Å². The van der Waals surface area contributed by atoms with Gasteiger partial charge < -0.3 is 9.73 Å². The lowest BCUT2D eigenvalue weighted by Gasteiger charge is -2.09. The lowest BCUT2D eigenvalue weighted by Crippen LogP contribution is -2.05. The quantitative estimate of drug-likeness (QED) is 0.494. The Hall–Kier alpha value is -2.80. The van der Waals surface area contributed by atoms with Gasteiger partial charge in [-0.25, -0.2) is 9.97 Å². The molecule has 28 heavy (non-hydrogen) atoms. The average Bonchev–Trinajstić information content (AvgIpc) is 3.67. The normalized spacial score (nSPS) is 16.6. The minimum Gasteiger partial charge on any atom is -0.423 e. The van der Waals surface area contributed by atoms with Crippen LogP contribution in [0.2, 0.25) is 0 Å². The molecule has 0 aliphatic heterocycles. The van der Waals surface area contributed by atoms with Crippen LogP contribution in [-0.4, -0.2) is 20.2 Å². The van der Waals surface area contributed by atoms with Gasteiger partial charge in [0.1, 0.15) is 16.5 Å². The lowest BCUT2D eigenvalue weighted by atomic mass is 10.1. The number of anilines is 1. The predicted molar refractivity (Wildman–Crippen MR) is 108 cm³/mol. The smallest absolute Gasteiger partial charge is 0.235 e. The molecule has 2 fully saturated rings. The maximum Gasteiger partial charge on any atom is 0.235 e. The Morgan fingerprint density at radius 1 is 1.00 bits per heavy atom. The van der Waals surface area contributed by atoms with Crippen LogP contribution in [0.15, 0.2) is 40.1 Å². The Bertz CT molecular complexity index is 1140. The second kappa shape index (κ2) is 6.38. The van der Waals surface area contributed by atoms with Gasteiger partial charge in [-0.2, -0.15) is 0 Å². The van der Waals surface area contributed by atoms with E-state index >= 15 is 0 Å². The summed E-state index contributed by atoms with van der Waals surface area (Å²) in [6.45, 7) is 0.472. The number of hydrogen-bond donors (Lipinski definition) is 1. The fourth-order valence-electron chi connectivity index (χ4n) is 3.43. The summed E-state index contributed by atoms with van der Waals surface area (Å²) in [7, 11) is 0. The molecule has 2 aliphatic carbocycles. The molecule has 6 rings (SSSR count). The molecule has 4 aromatic rings. The molecule has 0 bridgehead atoms. The van der Waals surface area contributed by atoms with E-state index in [1.165, 1.54) is 18.4 Å². The van der Waals surface area contributed by atoms with Crippen LogP contribution in [0.3, 0.4) is 0 Å². The maximum absolute atomic E-state index is 5.80. The maximum atomic E-state index is 5.80. The molecule has 0 amide bonds. The van der Waals surface area contributed by atoms with Gasteiger partial charge in [0.2, 0.25) is 11.8 Å². The number of aromatic nitrogens is 4. The third kappa shape index (κ3) is 2.96. The van der Waals surface area contributed by atoms with Crippen molar-refractivity contribution in [1.82, 2.24) is 20.2 Å². The van der Waals surface area contributed by atoms with E-state index in [1.807, 2.05) is 6.07 Å². The minimum absolute atomic E-state index is 0.468. The third-order valence-electron chi connectivity index (χ3n) is 5.29. The summed E-state index contributed by atoms with van der Waals surface area (Å²) >= 11 is 1.68. The van der Waals surface area contributed by atoms with Gasteiger partial charge in [-0.1, -0.05) is 30.3 Å². The molecule has 0 spiro atoms. The van der Waals surface area contributed by atoms with Gasteiger partial charge in [-0.15, -0.1) is 21.5 Å². The average molecular weight is 389 g/mol. The standard InChI is InChI=1S/C21H19N5OS/c1-2-4-12(5-3-1)15-11-28-21-17(15)19(23-18(24-21)13-6-7-13)22-10-16-25-26-20(27-16)14-8-9-14/h1-5,11,13-14H,6-10H2,(H,22,23,24). The summed E-state index contributed by atoms with van der Waals surface area (Å²) in [5, 5.41) is 15.1. The molecule has 3 heterocycles. The Balaban J connectivity index is 1.38. The molecular formula is C21H19N5OS. The monoisotopic (exact) mass is 389 g/mol. The molecule has 0 atom stereocenters. The zero-order valence-electron chi connectivity index (χ0n) is 15.3. The molecule has 140 valence electrons. The van der Waals surface area contributed by atoms with Crippen LogP contribution in [0, 0.1) is 0 Å². The highest BCUT2D eigenvalue weighted by Crippen LogP contribution is 2.43. The Labute approximate surface area is 166 Å². The van der Waals surface area contributed by atoms with Gasteiger partial charge in [0, 0.05) is 22.8 Å². The first kappa shape index (κ1) is 16.2. The molecule has 2 aliphatic rings. The highest BCUT2D eigenvalue weighted by Gasteiger charge is 2.30. The van der Waals surface area contributed by atoms with Crippen molar-refractivity contribution in [3.05, 3.63) is 53.3 Å². The van der Waals surface area contributed by atoms with E-state index in [9.17, 15) is 0 Å². The van der Waals surface area contributed by atoms with Crippen molar-refractivity contribution < 1.29 is 4.42 Å². The van der Waals surface area contributed by atoms with Gasteiger partial charge in [-0.3, -0.25) is 0 Å². The largest absolute Gasteiger partial charge is 0.423 e. The zero-order chi connectivity index (χ0) is 18.5. The lowest BCUT2D eigenvalue weighted by molar-refractivity contribution is 0.457. The summed E-state index contributed by atoms with van der Waals surface area (Å²) in [4.78, 5) is 10.8. The van der Waals surface area contributed by atoms with Crippen LogP contribution in [0.5, 0.6) is 0 Å². The van der Waals surface area contributed by atoms with Crippen molar-refractivity contribution in [3.63, 3.8) is 0 Å². The molecule has 0 saturated heterocycles. The Morgan fingerprint density at radius 3 is 2.61 bits per heavy atom. The molecule has 2 saturated carbocycles. The van der Waals surface area contributed by atoms with Gasteiger partial charge >= 0.3 is 0 Å². The number of nitrogens with zero attached hydrogens (tertiary/aromatic N) is 4. The molecule has 0 radical (unpaired) electrons. The van der Waals surface area contributed by atoms with E-state index in [0.29, 0.717) is 24.3 Å². The van der Waals surface area contributed by atoms with Gasteiger partial charge in [0.25, 0.3) is 0 Å². The van der Waals surface area contributed by atoms with Crippen molar-refractivity contribution in [3.8, 4) is 11.1 Å². The van der Waals surface area contributed by atoms with Crippen LogP contribution in [0.4, 0.5) is 5.82 Å². The highest BCUT2D eigenvalue weighted by molar-refractivity contribution is 7.17. The number of fused-ring (bicyclic) bond motifs is 1.